The highest BCUT2D eigenvalue weighted by Gasteiger charge is 2.08. The Labute approximate surface area is 81.1 Å². The lowest BCUT2D eigenvalue weighted by Gasteiger charge is -1.94. The molecule has 0 amide bonds. The summed E-state index contributed by atoms with van der Waals surface area (Å²) >= 11 is 3.20. The van der Waals surface area contributed by atoms with E-state index in [9.17, 15) is 4.79 Å². The summed E-state index contributed by atoms with van der Waals surface area (Å²) in [6.07, 6.45) is 1.89. The number of pyridine rings is 1. The fourth-order valence-electron chi connectivity index (χ4n) is 1.04. The number of nitrogens with zero attached hydrogens (tertiary/aromatic N) is 3. The second-order valence-corrected chi connectivity index (χ2v) is 3.31. The molecule has 0 saturated heterocycles. The van der Waals surface area contributed by atoms with Crippen LogP contribution in [0.4, 0.5) is 4.79 Å². The van der Waals surface area contributed by atoms with E-state index in [2.05, 4.69) is 26.0 Å². The maximum Gasteiger partial charge on any atom is 0.432 e. The predicted molar refractivity (Wildman–Crippen MR) is 48.7 cm³/mol. The van der Waals surface area contributed by atoms with Crippen molar-refractivity contribution in [1.82, 2.24) is 14.8 Å². The molecule has 6 heteroatoms. The molecule has 0 bridgehead atoms. The van der Waals surface area contributed by atoms with Gasteiger partial charge in [0.1, 0.15) is 11.0 Å². The Morgan fingerprint density at radius 2 is 2.31 bits per heavy atom. The zero-order valence-corrected chi connectivity index (χ0v) is 7.89. The lowest BCUT2D eigenvalue weighted by molar-refractivity contribution is 0.194. The minimum absolute atomic E-state index is 0.474. The largest absolute Gasteiger partial charge is 0.463 e. The molecule has 0 aliphatic rings. The van der Waals surface area contributed by atoms with E-state index in [1.807, 2.05) is 0 Å². The molecule has 0 fully saturated rings. The van der Waals surface area contributed by atoms with Crippen LogP contribution in [0.3, 0.4) is 0 Å². The van der Waals surface area contributed by atoms with E-state index in [0.717, 1.165) is 9.15 Å². The first-order valence-electron chi connectivity index (χ1n) is 3.41. The molecular weight excluding hydrogens is 238 g/mol. The van der Waals surface area contributed by atoms with Crippen LogP contribution in [0.5, 0.6) is 0 Å². The third-order valence-electron chi connectivity index (χ3n) is 1.57. The van der Waals surface area contributed by atoms with Crippen LogP contribution in [0.25, 0.3) is 11.0 Å². The Balaban J connectivity index is 2.79. The molecule has 13 heavy (non-hydrogen) atoms. The van der Waals surface area contributed by atoms with E-state index in [1.165, 1.54) is 6.20 Å². The molecule has 2 aromatic heterocycles. The zero-order valence-electron chi connectivity index (χ0n) is 6.31. The molecule has 0 aliphatic carbocycles. The summed E-state index contributed by atoms with van der Waals surface area (Å²) in [7, 11) is 0. The van der Waals surface area contributed by atoms with E-state index in [1.54, 1.807) is 12.3 Å². The molecular formula is C7H4BrN3O2. The molecule has 2 aromatic rings. The SMILES string of the molecule is O=C(O)n1ncc2ncc(Br)cc21. The zero-order chi connectivity index (χ0) is 9.42. The first kappa shape index (κ1) is 8.18. The van der Waals surface area contributed by atoms with Crippen LogP contribution in [0.15, 0.2) is 22.9 Å². The van der Waals surface area contributed by atoms with Gasteiger partial charge in [-0.15, -0.1) is 0 Å². The van der Waals surface area contributed by atoms with Gasteiger partial charge < -0.3 is 5.11 Å². The predicted octanol–water partition coefficient (Wildman–Crippen LogP) is 1.72. The van der Waals surface area contributed by atoms with Crippen molar-refractivity contribution >= 4 is 33.1 Å². The van der Waals surface area contributed by atoms with Crippen LogP contribution < -0.4 is 0 Å². The summed E-state index contributed by atoms with van der Waals surface area (Å²) in [5, 5.41) is 12.4. The summed E-state index contributed by atoms with van der Waals surface area (Å²) in [4.78, 5) is 14.6. The van der Waals surface area contributed by atoms with Gasteiger partial charge in [-0.05, 0) is 22.0 Å². The van der Waals surface area contributed by atoms with Crippen molar-refractivity contribution in [2.24, 2.45) is 0 Å². The van der Waals surface area contributed by atoms with Gasteiger partial charge in [0, 0.05) is 10.7 Å². The number of rotatable bonds is 0. The van der Waals surface area contributed by atoms with Gasteiger partial charge in [0.05, 0.1) is 6.20 Å². The first-order valence-corrected chi connectivity index (χ1v) is 4.20. The molecule has 0 saturated carbocycles. The lowest BCUT2D eigenvalue weighted by Crippen LogP contribution is -2.08. The fraction of sp³-hybridized carbons (Fsp3) is 0. The Morgan fingerprint density at radius 3 is 3.00 bits per heavy atom. The molecule has 0 spiro atoms. The second-order valence-electron chi connectivity index (χ2n) is 2.40. The quantitative estimate of drug-likeness (QED) is 0.763. The van der Waals surface area contributed by atoms with Gasteiger partial charge in [0.2, 0.25) is 0 Å². The monoisotopic (exact) mass is 241 g/mol. The third-order valence-corrected chi connectivity index (χ3v) is 2.00. The van der Waals surface area contributed by atoms with Crippen molar-refractivity contribution in [3.63, 3.8) is 0 Å². The van der Waals surface area contributed by atoms with E-state index in [0.29, 0.717) is 11.0 Å². The van der Waals surface area contributed by atoms with Gasteiger partial charge >= 0.3 is 6.09 Å². The summed E-state index contributed by atoms with van der Waals surface area (Å²) in [5.74, 6) is 0. The lowest BCUT2D eigenvalue weighted by atomic mass is 10.4. The highest BCUT2D eigenvalue weighted by molar-refractivity contribution is 9.10. The molecule has 0 aliphatic heterocycles. The number of carbonyl (C=O) groups is 1. The van der Waals surface area contributed by atoms with Crippen LogP contribution in [0, 0.1) is 0 Å². The highest BCUT2D eigenvalue weighted by atomic mass is 79.9. The van der Waals surface area contributed by atoms with Gasteiger partial charge in [0.25, 0.3) is 0 Å². The van der Waals surface area contributed by atoms with Crippen molar-refractivity contribution in [1.29, 1.82) is 0 Å². The molecule has 2 rings (SSSR count). The third kappa shape index (κ3) is 1.29. The standard InChI is InChI=1S/C7H4BrN3O2/c8-4-1-6-5(9-2-4)3-10-11(6)7(12)13/h1-3H,(H,12,13). The van der Waals surface area contributed by atoms with Gasteiger partial charge in [-0.1, -0.05) is 0 Å². The topological polar surface area (TPSA) is 68.0 Å². The molecule has 0 aromatic carbocycles. The Bertz CT molecular complexity index is 480. The van der Waals surface area contributed by atoms with Crippen LogP contribution in [0.2, 0.25) is 0 Å². The molecule has 0 unspecified atom stereocenters. The Morgan fingerprint density at radius 1 is 1.54 bits per heavy atom. The smallest absolute Gasteiger partial charge is 0.432 e. The summed E-state index contributed by atoms with van der Waals surface area (Å²) in [6.45, 7) is 0. The van der Waals surface area contributed by atoms with Gasteiger partial charge in [-0.2, -0.15) is 9.78 Å². The van der Waals surface area contributed by atoms with Gasteiger partial charge in [0.15, 0.2) is 0 Å². The minimum atomic E-state index is -1.12. The van der Waals surface area contributed by atoms with Crippen LogP contribution >= 0.6 is 15.9 Å². The van der Waals surface area contributed by atoms with Crippen LogP contribution in [-0.4, -0.2) is 26.0 Å². The number of aromatic nitrogens is 3. The van der Waals surface area contributed by atoms with E-state index in [-0.39, 0.29) is 0 Å². The fourth-order valence-corrected chi connectivity index (χ4v) is 1.35. The minimum Gasteiger partial charge on any atom is -0.463 e. The number of halogens is 1. The van der Waals surface area contributed by atoms with Crippen molar-refractivity contribution in [3.05, 3.63) is 22.9 Å². The van der Waals surface area contributed by atoms with Crippen molar-refractivity contribution < 1.29 is 9.90 Å². The highest BCUT2D eigenvalue weighted by Crippen LogP contribution is 2.16. The summed E-state index contributed by atoms with van der Waals surface area (Å²) in [5.41, 5.74) is 1.03. The van der Waals surface area contributed by atoms with Crippen molar-refractivity contribution in [2.75, 3.05) is 0 Å². The van der Waals surface area contributed by atoms with Gasteiger partial charge in [-0.25, -0.2) is 4.79 Å². The maximum atomic E-state index is 10.6. The number of carboxylic acid groups (broad SMARTS) is 1. The Hall–Kier alpha value is -1.43. The number of hydrogen-bond donors (Lipinski definition) is 1. The van der Waals surface area contributed by atoms with E-state index < -0.39 is 6.09 Å². The van der Waals surface area contributed by atoms with Crippen LogP contribution in [-0.2, 0) is 0 Å². The van der Waals surface area contributed by atoms with Crippen molar-refractivity contribution in [3.8, 4) is 0 Å². The molecule has 2 heterocycles. The maximum absolute atomic E-state index is 10.6. The average molecular weight is 242 g/mol. The number of hydrogen-bond acceptors (Lipinski definition) is 3. The first-order chi connectivity index (χ1) is 6.18. The van der Waals surface area contributed by atoms with Crippen molar-refractivity contribution in [2.45, 2.75) is 0 Å². The summed E-state index contributed by atoms with van der Waals surface area (Å²) in [6, 6.07) is 1.66. The molecule has 66 valence electrons. The molecule has 1 N–H and O–H groups in total. The van der Waals surface area contributed by atoms with Gasteiger partial charge in [-0.3, -0.25) is 4.98 Å². The van der Waals surface area contributed by atoms with E-state index in [4.69, 9.17) is 5.11 Å². The second kappa shape index (κ2) is 2.81. The Kier molecular flexibility index (Phi) is 1.77. The molecule has 0 atom stereocenters. The average Bonchev–Trinajstić information content (AvgIpc) is 2.46. The molecule has 0 radical (unpaired) electrons. The number of fused-ring (bicyclic) bond motifs is 1. The van der Waals surface area contributed by atoms with Crippen LogP contribution in [0.1, 0.15) is 0 Å². The normalized spacial score (nSPS) is 10.5. The van der Waals surface area contributed by atoms with E-state index >= 15 is 0 Å². The summed E-state index contributed by atoms with van der Waals surface area (Å²) < 4.78 is 1.61. The molecule has 5 nitrogen and oxygen atoms in total.